The van der Waals surface area contributed by atoms with Gasteiger partial charge >= 0.3 is 0 Å². The van der Waals surface area contributed by atoms with Crippen molar-refractivity contribution in [2.45, 2.75) is 50.4 Å². The van der Waals surface area contributed by atoms with Gasteiger partial charge in [0.2, 0.25) is 0 Å². The lowest BCUT2D eigenvalue weighted by molar-refractivity contribution is 0.205. The van der Waals surface area contributed by atoms with Crippen molar-refractivity contribution in [3.63, 3.8) is 0 Å². The molecule has 4 rings (SSSR count). The Balaban J connectivity index is 1.72. The molecule has 0 saturated carbocycles. The van der Waals surface area contributed by atoms with E-state index in [2.05, 4.69) is 103 Å². The Kier molecular flexibility index (Phi) is 7.43. The first-order chi connectivity index (χ1) is 16.2. The molecule has 0 saturated heterocycles. The molecule has 4 aromatic rings. The zero-order valence-corrected chi connectivity index (χ0v) is 22.8. The second-order valence-electron chi connectivity index (χ2n) is 9.49. The summed E-state index contributed by atoms with van der Waals surface area (Å²) < 4.78 is 7.19. The van der Waals surface area contributed by atoms with Crippen LogP contribution in [-0.4, -0.2) is 35.6 Å². The van der Waals surface area contributed by atoms with Crippen LogP contribution in [-0.2, 0) is 10.8 Å². The van der Waals surface area contributed by atoms with Crippen LogP contribution < -0.4 is 10.4 Å². The van der Waals surface area contributed by atoms with Crippen LogP contribution >= 0.6 is 23.4 Å². The molecule has 0 aliphatic heterocycles. The molecule has 2 heterocycles. The molecule has 7 heteroatoms. The van der Waals surface area contributed by atoms with Gasteiger partial charge in [0.15, 0.2) is 10.3 Å². The molecule has 0 unspecified atom stereocenters. The lowest BCUT2D eigenvalue weighted by Gasteiger charge is -2.44. The molecule has 1 atom stereocenters. The maximum atomic E-state index is 7.19. The van der Waals surface area contributed by atoms with Gasteiger partial charge in [-0.2, -0.15) is 0 Å². The predicted octanol–water partition coefficient (Wildman–Crippen LogP) is 5.91. The highest BCUT2D eigenvalue weighted by Gasteiger charge is 2.51. The van der Waals surface area contributed by atoms with E-state index < -0.39 is 8.32 Å². The van der Waals surface area contributed by atoms with Crippen molar-refractivity contribution < 1.29 is 4.43 Å². The smallest absolute Gasteiger partial charge is 0.261 e. The zero-order valence-electron chi connectivity index (χ0n) is 20.2. The van der Waals surface area contributed by atoms with Gasteiger partial charge in [0, 0.05) is 29.8 Å². The molecular formula is C27H30ClN3OSSi. The quantitative estimate of drug-likeness (QED) is 0.135. The van der Waals surface area contributed by atoms with Gasteiger partial charge in [-0.25, -0.2) is 15.0 Å². The SMILES string of the molecule is CSc1ncc2cc(C[C@H](C)O[Si](c3ccccc3)(c3ccccc3)C(C)(C)C)nc(Cl)c2n1. The first-order valence-corrected chi connectivity index (χ1v) is 14.9. The summed E-state index contributed by atoms with van der Waals surface area (Å²) in [5.74, 6) is 0. The number of thioether (sulfide) groups is 1. The maximum absolute atomic E-state index is 7.19. The minimum Gasteiger partial charge on any atom is -0.404 e. The monoisotopic (exact) mass is 507 g/mol. The van der Waals surface area contributed by atoms with Gasteiger partial charge in [-0.3, -0.25) is 0 Å². The highest BCUT2D eigenvalue weighted by molar-refractivity contribution is 7.98. The van der Waals surface area contributed by atoms with Gasteiger partial charge in [0.25, 0.3) is 8.32 Å². The van der Waals surface area contributed by atoms with Crippen LogP contribution in [0.4, 0.5) is 0 Å². The molecule has 176 valence electrons. The van der Waals surface area contributed by atoms with Gasteiger partial charge in [0.1, 0.15) is 5.52 Å². The van der Waals surface area contributed by atoms with Crippen LogP contribution in [0, 0.1) is 0 Å². The average molecular weight is 508 g/mol. The minimum absolute atomic E-state index is 0.0706. The number of fused-ring (bicyclic) bond motifs is 1. The van der Waals surface area contributed by atoms with E-state index in [-0.39, 0.29) is 11.1 Å². The molecule has 0 aliphatic carbocycles. The summed E-state index contributed by atoms with van der Waals surface area (Å²) in [5.41, 5.74) is 1.56. The van der Waals surface area contributed by atoms with Crippen LogP contribution in [0.15, 0.2) is 78.1 Å². The van der Waals surface area contributed by atoms with E-state index in [1.165, 1.54) is 22.1 Å². The predicted molar refractivity (Wildman–Crippen MR) is 146 cm³/mol. The van der Waals surface area contributed by atoms with Crippen molar-refractivity contribution in [2.24, 2.45) is 0 Å². The van der Waals surface area contributed by atoms with Crippen LogP contribution in [0.25, 0.3) is 10.9 Å². The normalized spacial score (nSPS) is 13.2. The molecule has 0 aliphatic rings. The molecule has 0 fully saturated rings. The topological polar surface area (TPSA) is 47.9 Å². The van der Waals surface area contributed by atoms with Crippen LogP contribution in [0.5, 0.6) is 0 Å². The van der Waals surface area contributed by atoms with Gasteiger partial charge in [-0.05, 0) is 34.7 Å². The number of rotatable bonds is 7. The van der Waals surface area contributed by atoms with Gasteiger partial charge in [0.05, 0.1) is 0 Å². The van der Waals surface area contributed by atoms with Gasteiger partial charge in [-0.1, -0.05) is 105 Å². The number of benzene rings is 2. The summed E-state index contributed by atoms with van der Waals surface area (Å²) >= 11 is 8.02. The third-order valence-electron chi connectivity index (χ3n) is 6.03. The van der Waals surface area contributed by atoms with Gasteiger partial charge in [-0.15, -0.1) is 0 Å². The fourth-order valence-electron chi connectivity index (χ4n) is 4.57. The molecule has 0 spiro atoms. The van der Waals surface area contributed by atoms with E-state index in [1.54, 1.807) is 0 Å². The standard InChI is InChI=1S/C27H30ClN3OSSi/c1-19(16-21-17-20-18-29-26(33-5)31-24(20)25(28)30-21)32-34(27(2,3)4,22-12-8-6-9-13-22)23-14-10-7-11-15-23/h6-15,17-19H,16H2,1-5H3/t19-/m0/s1. The molecule has 0 bridgehead atoms. The molecule has 4 nitrogen and oxygen atoms in total. The molecule has 2 aromatic heterocycles. The van der Waals surface area contributed by atoms with Crippen molar-refractivity contribution in [1.29, 1.82) is 0 Å². The van der Waals surface area contributed by atoms with Crippen LogP contribution in [0.3, 0.4) is 0 Å². The van der Waals surface area contributed by atoms with E-state index >= 15 is 0 Å². The van der Waals surface area contributed by atoms with E-state index in [9.17, 15) is 0 Å². The first-order valence-electron chi connectivity index (χ1n) is 11.4. The van der Waals surface area contributed by atoms with E-state index in [0.717, 1.165) is 11.1 Å². The number of hydrogen-bond acceptors (Lipinski definition) is 5. The summed E-state index contributed by atoms with van der Waals surface area (Å²) in [6, 6.07) is 23.4. The molecular weight excluding hydrogens is 478 g/mol. The Morgan fingerprint density at radius 2 is 1.56 bits per heavy atom. The van der Waals surface area contributed by atoms with Crippen molar-refractivity contribution in [3.05, 3.63) is 83.8 Å². The fourth-order valence-corrected chi connectivity index (χ4v) is 9.87. The second kappa shape index (κ2) is 10.2. The van der Waals surface area contributed by atoms with Crippen molar-refractivity contribution in [3.8, 4) is 0 Å². The largest absolute Gasteiger partial charge is 0.404 e. The Bertz CT molecular complexity index is 1230. The van der Waals surface area contributed by atoms with Crippen molar-refractivity contribution in [1.82, 2.24) is 15.0 Å². The van der Waals surface area contributed by atoms with E-state index in [1.807, 2.05) is 18.5 Å². The minimum atomic E-state index is -2.63. The Labute approximate surface area is 212 Å². The highest BCUT2D eigenvalue weighted by atomic mass is 35.5. The molecule has 34 heavy (non-hydrogen) atoms. The maximum Gasteiger partial charge on any atom is 0.261 e. The average Bonchev–Trinajstić information content (AvgIpc) is 2.82. The molecule has 0 radical (unpaired) electrons. The third-order valence-corrected chi connectivity index (χ3v) is 12.0. The molecule has 0 N–H and O–H groups in total. The van der Waals surface area contributed by atoms with Crippen LogP contribution in [0.1, 0.15) is 33.4 Å². The summed E-state index contributed by atoms with van der Waals surface area (Å²) in [5, 5.41) is 4.44. The highest BCUT2D eigenvalue weighted by Crippen LogP contribution is 2.38. The van der Waals surface area contributed by atoms with Crippen molar-refractivity contribution in [2.75, 3.05) is 6.26 Å². The summed E-state index contributed by atoms with van der Waals surface area (Å²) in [7, 11) is -2.63. The summed E-state index contributed by atoms with van der Waals surface area (Å²) in [6.07, 6.45) is 4.34. The third kappa shape index (κ3) is 4.91. The Hall–Kier alpha value is -2.25. The zero-order chi connectivity index (χ0) is 24.3. The molecule has 0 amide bonds. The number of halogens is 1. The van der Waals surface area contributed by atoms with Gasteiger partial charge < -0.3 is 4.43 Å². The van der Waals surface area contributed by atoms with Crippen molar-refractivity contribution >= 4 is 53.0 Å². The lowest BCUT2D eigenvalue weighted by atomic mass is 10.1. The first kappa shape index (κ1) is 24.9. The number of pyridine rings is 1. The van der Waals surface area contributed by atoms with Crippen LogP contribution in [0.2, 0.25) is 10.2 Å². The molecule has 2 aromatic carbocycles. The number of nitrogens with zero attached hydrogens (tertiary/aromatic N) is 3. The number of aromatic nitrogens is 3. The second-order valence-corrected chi connectivity index (χ2v) is 14.9. The number of hydrogen-bond donors (Lipinski definition) is 0. The van der Waals surface area contributed by atoms with E-state index in [0.29, 0.717) is 22.2 Å². The Morgan fingerprint density at radius 3 is 2.09 bits per heavy atom. The Morgan fingerprint density at radius 1 is 0.971 bits per heavy atom. The fraction of sp³-hybridized carbons (Fsp3) is 0.296. The summed E-state index contributed by atoms with van der Waals surface area (Å²) in [4.78, 5) is 13.6. The summed E-state index contributed by atoms with van der Waals surface area (Å²) in [6.45, 7) is 9.00. The lowest BCUT2D eigenvalue weighted by Crippen LogP contribution is -2.67. The van der Waals surface area contributed by atoms with E-state index in [4.69, 9.17) is 16.0 Å².